The van der Waals surface area contributed by atoms with Crippen molar-refractivity contribution in [1.82, 2.24) is 0 Å². The molecule has 1 atom stereocenters. The molecule has 0 aromatic heterocycles. The second-order valence-electron chi connectivity index (χ2n) is 2.60. The molecule has 0 aliphatic carbocycles. The summed E-state index contributed by atoms with van der Waals surface area (Å²) < 4.78 is 48.3. The van der Waals surface area contributed by atoms with E-state index in [4.69, 9.17) is 11.6 Å². The van der Waals surface area contributed by atoms with Gasteiger partial charge in [0, 0.05) is 0 Å². The molecule has 0 spiro atoms. The summed E-state index contributed by atoms with van der Waals surface area (Å²) in [4.78, 5) is 0. The fourth-order valence-electron chi connectivity index (χ4n) is 0.864. The standard InChI is InChI=1S/C8H4ClF4O/c9-5-3-4(1-2-6(5)10)7(14)8(11,12)13/h1-3,7H. The van der Waals surface area contributed by atoms with E-state index in [-0.39, 0.29) is 0 Å². The molecular formula is C8H4ClF4O. The van der Waals surface area contributed by atoms with Crippen LogP contribution in [0.4, 0.5) is 17.6 Å². The Kier molecular flexibility index (Phi) is 3.01. The van der Waals surface area contributed by atoms with Crippen molar-refractivity contribution in [2.24, 2.45) is 0 Å². The van der Waals surface area contributed by atoms with Crippen molar-refractivity contribution in [3.63, 3.8) is 0 Å². The van der Waals surface area contributed by atoms with Crippen LogP contribution in [0.15, 0.2) is 18.2 Å². The van der Waals surface area contributed by atoms with Gasteiger partial charge < -0.3 is 0 Å². The first kappa shape index (κ1) is 11.3. The highest BCUT2D eigenvalue weighted by atomic mass is 35.5. The van der Waals surface area contributed by atoms with Gasteiger partial charge in [0.1, 0.15) is 5.82 Å². The Morgan fingerprint density at radius 3 is 2.29 bits per heavy atom. The second-order valence-corrected chi connectivity index (χ2v) is 3.00. The summed E-state index contributed by atoms with van der Waals surface area (Å²) in [6, 6.07) is 2.18. The third-order valence-corrected chi connectivity index (χ3v) is 1.83. The lowest BCUT2D eigenvalue weighted by atomic mass is 10.1. The SMILES string of the molecule is [O]C(c1ccc(F)c(Cl)c1)C(F)(F)F. The molecule has 0 amide bonds. The minimum Gasteiger partial charge on any atom is -0.218 e. The van der Waals surface area contributed by atoms with E-state index in [0.717, 1.165) is 12.1 Å². The molecule has 0 N–H and O–H groups in total. The van der Waals surface area contributed by atoms with Gasteiger partial charge in [-0.05, 0) is 17.7 Å². The summed E-state index contributed by atoms with van der Waals surface area (Å²) in [7, 11) is 0. The Morgan fingerprint density at radius 2 is 1.86 bits per heavy atom. The summed E-state index contributed by atoms with van der Waals surface area (Å²) >= 11 is 5.23. The van der Waals surface area contributed by atoms with Gasteiger partial charge in [0.05, 0.1) is 5.02 Å². The van der Waals surface area contributed by atoms with E-state index in [1.165, 1.54) is 0 Å². The monoisotopic (exact) mass is 227 g/mol. The van der Waals surface area contributed by atoms with Crippen LogP contribution < -0.4 is 0 Å². The molecule has 1 aromatic rings. The number of rotatable bonds is 1. The topological polar surface area (TPSA) is 19.9 Å². The Hall–Kier alpha value is -0.810. The Labute approximate surface area is 81.9 Å². The third kappa shape index (κ3) is 2.36. The minimum absolute atomic E-state index is 0.493. The van der Waals surface area contributed by atoms with Crippen molar-refractivity contribution in [2.75, 3.05) is 0 Å². The largest absolute Gasteiger partial charge is 0.422 e. The van der Waals surface area contributed by atoms with Gasteiger partial charge in [-0.3, -0.25) is 0 Å². The lowest BCUT2D eigenvalue weighted by molar-refractivity contribution is -0.225. The lowest BCUT2D eigenvalue weighted by Crippen LogP contribution is -2.19. The fourth-order valence-corrected chi connectivity index (χ4v) is 1.05. The smallest absolute Gasteiger partial charge is 0.218 e. The Balaban J connectivity index is 3.03. The average Bonchev–Trinajstić information content (AvgIpc) is 2.07. The van der Waals surface area contributed by atoms with Gasteiger partial charge in [0.15, 0.2) is 0 Å². The molecule has 0 aliphatic rings. The maximum Gasteiger partial charge on any atom is 0.422 e. The van der Waals surface area contributed by atoms with E-state index in [2.05, 4.69) is 0 Å². The van der Waals surface area contributed by atoms with Gasteiger partial charge in [0.25, 0.3) is 0 Å². The molecule has 1 aromatic carbocycles. The van der Waals surface area contributed by atoms with Crippen LogP contribution in [0.3, 0.4) is 0 Å². The average molecular weight is 228 g/mol. The molecule has 0 bridgehead atoms. The van der Waals surface area contributed by atoms with Crippen LogP contribution in [0, 0.1) is 5.82 Å². The molecule has 0 saturated carbocycles. The highest BCUT2D eigenvalue weighted by Crippen LogP contribution is 2.34. The Bertz CT molecular complexity index is 337. The van der Waals surface area contributed by atoms with Gasteiger partial charge in [-0.25, -0.2) is 9.50 Å². The first-order valence-corrected chi connectivity index (χ1v) is 3.87. The molecule has 14 heavy (non-hydrogen) atoms. The molecule has 0 aliphatic heterocycles. The zero-order valence-corrected chi connectivity index (χ0v) is 7.36. The van der Waals surface area contributed by atoms with E-state index in [9.17, 15) is 22.7 Å². The summed E-state index contributed by atoms with van der Waals surface area (Å²) in [5.74, 6) is -0.857. The predicted octanol–water partition coefficient (Wildman–Crippen LogP) is 3.51. The van der Waals surface area contributed by atoms with E-state index in [1.807, 2.05) is 0 Å². The molecule has 1 rings (SSSR count). The van der Waals surface area contributed by atoms with Crippen LogP contribution in [0.1, 0.15) is 11.7 Å². The van der Waals surface area contributed by atoms with Crippen molar-refractivity contribution in [2.45, 2.75) is 12.3 Å². The van der Waals surface area contributed by atoms with Crippen molar-refractivity contribution in [3.05, 3.63) is 34.6 Å². The van der Waals surface area contributed by atoms with Crippen molar-refractivity contribution in [1.29, 1.82) is 0 Å². The number of benzene rings is 1. The quantitative estimate of drug-likeness (QED) is 0.655. The highest BCUT2D eigenvalue weighted by Gasteiger charge is 2.41. The molecule has 0 fully saturated rings. The van der Waals surface area contributed by atoms with Gasteiger partial charge in [-0.15, -0.1) is 0 Å². The molecule has 0 saturated heterocycles. The Morgan fingerprint density at radius 1 is 1.29 bits per heavy atom. The van der Waals surface area contributed by atoms with Crippen molar-refractivity contribution < 1.29 is 22.7 Å². The summed E-state index contributed by atoms with van der Waals surface area (Å²) in [6.07, 6.45) is -7.78. The van der Waals surface area contributed by atoms with Gasteiger partial charge in [0.2, 0.25) is 6.10 Å². The molecular weight excluding hydrogens is 224 g/mol. The van der Waals surface area contributed by atoms with Crippen LogP contribution in [-0.4, -0.2) is 6.18 Å². The summed E-state index contributed by atoms with van der Waals surface area (Å²) in [5, 5.41) is 10.2. The number of hydrogen-bond donors (Lipinski definition) is 0. The van der Waals surface area contributed by atoms with E-state index >= 15 is 0 Å². The maximum atomic E-state index is 12.5. The highest BCUT2D eigenvalue weighted by molar-refractivity contribution is 6.30. The maximum absolute atomic E-state index is 12.5. The number of alkyl halides is 3. The van der Waals surface area contributed by atoms with E-state index in [0.29, 0.717) is 6.07 Å². The molecule has 1 unspecified atom stereocenters. The molecule has 1 radical (unpaired) electrons. The molecule has 0 heterocycles. The summed E-state index contributed by atoms with van der Waals surface area (Å²) in [6.45, 7) is 0. The van der Waals surface area contributed by atoms with Crippen LogP contribution >= 0.6 is 11.6 Å². The van der Waals surface area contributed by atoms with Crippen LogP contribution in [0.5, 0.6) is 0 Å². The minimum atomic E-state index is -4.89. The zero-order valence-electron chi connectivity index (χ0n) is 6.61. The first-order chi connectivity index (χ1) is 6.32. The van der Waals surface area contributed by atoms with Crippen LogP contribution in [0.25, 0.3) is 0 Å². The fraction of sp³-hybridized carbons (Fsp3) is 0.250. The van der Waals surface area contributed by atoms with Crippen molar-refractivity contribution in [3.8, 4) is 0 Å². The van der Waals surface area contributed by atoms with Crippen LogP contribution in [0.2, 0.25) is 5.02 Å². The molecule has 77 valence electrons. The molecule has 1 nitrogen and oxygen atoms in total. The van der Waals surface area contributed by atoms with Crippen molar-refractivity contribution >= 4 is 11.6 Å². The normalized spacial score (nSPS) is 14.1. The lowest BCUT2D eigenvalue weighted by Gasteiger charge is -2.12. The zero-order chi connectivity index (χ0) is 10.9. The van der Waals surface area contributed by atoms with Gasteiger partial charge in [-0.1, -0.05) is 17.7 Å². The van der Waals surface area contributed by atoms with E-state index < -0.39 is 28.7 Å². The summed E-state index contributed by atoms with van der Waals surface area (Å²) in [5.41, 5.74) is -0.594. The number of hydrogen-bond acceptors (Lipinski definition) is 0. The first-order valence-electron chi connectivity index (χ1n) is 3.50. The van der Waals surface area contributed by atoms with Crippen LogP contribution in [-0.2, 0) is 5.11 Å². The molecule has 6 heteroatoms. The third-order valence-electron chi connectivity index (χ3n) is 1.54. The second kappa shape index (κ2) is 3.74. The van der Waals surface area contributed by atoms with Gasteiger partial charge >= 0.3 is 6.18 Å². The predicted molar refractivity (Wildman–Crippen MR) is 40.9 cm³/mol. The number of halogens is 5. The van der Waals surface area contributed by atoms with Gasteiger partial charge in [-0.2, -0.15) is 13.2 Å². The van der Waals surface area contributed by atoms with E-state index in [1.54, 1.807) is 0 Å².